The number of anilines is 1. The molecule has 1 N–H and O–H groups in total. The van der Waals surface area contributed by atoms with Crippen LogP contribution in [0.5, 0.6) is 23.0 Å². The Balaban J connectivity index is 1.13. The number of carbonyl (C=O) groups excluding carboxylic acids is 2. The number of fused-ring (bicyclic) bond motifs is 4. The lowest BCUT2D eigenvalue weighted by molar-refractivity contribution is 0.0527. The topological polar surface area (TPSA) is 113 Å². The van der Waals surface area contributed by atoms with Gasteiger partial charge in [-0.15, -0.1) is 0 Å². The summed E-state index contributed by atoms with van der Waals surface area (Å²) in [5.41, 5.74) is 3.94. The Morgan fingerprint density at radius 2 is 1.47 bits per heavy atom. The summed E-state index contributed by atoms with van der Waals surface area (Å²) in [6.45, 7) is 9.59. The molecular formula is C32H36N4O7. The molecule has 11 nitrogen and oxygen atoms in total. The van der Waals surface area contributed by atoms with Gasteiger partial charge in [-0.3, -0.25) is 14.6 Å². The van der Waals surface area contributed by atoms with E-state index in [0.717, 1.165) is 11.1 Å². The summed E-state index contributed by atoms with van der Waals surface area (Å²) in [5, 5.41) is 11.0. The minimum absolute atomic E-state index is 0.0943. The van der Waals surface area contributed by atoms with Gasteiger partial charge in [-0.25, -0.2) is 0 Å². The maximum Gasteiger partial charge on any atom is 0.257 e. The van der Waals surface area contributed by atoms with Gasteiger partial charge in [0.25, 0.3) is 11.8 Å². The molecule has 2 aromatic rings. The maximum atomic E-state index is 13.4. The van der Waals surface area contributed by atoms with Crippen molar-refractivity contribution in [2.75, 3.05) is 52.5 Å². The van der Waals surface area contributed by atoms with Gasteiger partial charge in [0.2, 0.25) is 0 Å². The third-order valence-corrected chi connectivity index (χ3v) is 8.44. The van der Waals surface area contributed by atoms with Gasteiger partial charge in [-0.1, -0.05) is 24.3 Å². The van der Waals surface area contributed by atoms with Crippen molar-refractivity contribution in [1.82, 2.24) is 9.80 Å². The highest BCUT2D eigenvalue weighted by Crippen LogP contribution is 2.41. The fourth-order valence-electron chi connectivity index (χ4n) is 6.19. The fraction of sp³-hybridized carbons (Fsp3) is 0.406. The summed E-state index contributed by atoms with van der Waals surface area (Å²) in [6, 6.07) is 6.35. The molecule has 0 aliphatic carbocycles. The summed E-state index contributed by atoms with van der Waals surface area (Å²) < 4.78 is 23.2. The zero-order valence-corrected chi connectivity index (χ0v) is 24.7. The van der Waals surface area contributed by atoms with E-state index in [1.165, 1.54) is 14.2 Å². The Bertz CT molecular complexity index is 1540. The number of hydrogen-bond donors (Lipinski definition) is 1. The summed E-state index contributed by atoms with van der Waals surface area (Å²) in [5.74, 6) is 1.53. The fourth-order valence-corrected chi connectivity index (χ4v) is 6.19. The Kier molecular flexibility index (Phi) is 7.51. The summed E-state index contributed by atoms with van der Waals surface area (Å²) in [6.07, 6.45) is 2.70. The Morgan fingerprint density at radius 3 is 2.16 bits per heavy atom. The summed E-state index contributed by atoms with van der Waals surface area (Å²) >= 11 is 0. The number of benzene rings is 2. The Hall–Kier alpha value is -4.51. The molecule has 11 heteroatoms. The van der Waals surface area contributed by atoms with E-state index in [0.29, 0.717) is 91.1 Å². The quantitative estimate of drug-likeness (QED) is 0.368. The molecule has 2 saturated heterocycles. The number of rotatable bonds is 8. The van der Waals surface area contributed by atoms with Crippen molar-refractivity contribution in [2.45, 2.75) is 37.6 Å². The SMILES string of the molecule is C=C1C[C@H]2C=Nc3cc(OCCCOc4cc5c(cc4OC)C(=O)N4CC(=C)C[C@H]4[C@H](O)N5C)c(OC)cc3C(=O)N2C1. The van der Waals surface area contributed by atoms with E-state index in [2.05, 4.69) is 18.2 Å². The van der Waals surface area contributed by atoms with E-state index in [4.69, 9.17) is 18.9 Å². The lowest BCUT2D eigenvalue weighted by atomic mass is 10.1. The van der Waals surface area contributed by atoms with Crippen molar-refractivity contribution in [3.8, 4) is 23.0 Å². The number of aliphatic hydroxyl groups excluding tert-OH is 1. The van der Waals surface area contributed by atoms with Gasteiger partial charge < -0.3 is 38.8 Å². The number of aliphatic hydroxyl groups is 1. The van der Waals surface area contributed by atoms with Crippen LogP contribution in [0.1, 0.15) is 40.0 Å². The molecular weight excluding hydrogens is 552 g/mol. The molecule has 0 spiro atoms. The minimum Gasteiger partial charge on any atom is -0.493 e. The molecule has 3 atom stereocenters. The molecule has 2 aromatic carbocycles. The van der Waals surface area contributed by atoms with E-state index in [-0.39, 0.29) is 23.9 Å². The van der Waals surface area contributed by atoms with Crippen LogP contribution in [0.2, 0.25) is 0 Å². The number of likely N-dealkylation sites (N-methyl/N-ethyl adjacent to an activating group) is 1. The van der Waals surface area contributed by atoms with Gasteiger partial charge in [0.15, 0.2) is 23.0 Å². The van der Waals surface area contributed by atoms with Gasteiger partial charge in [-0.05, 0) is 25.0 Å². The van der Waals surface area contributed by atoms with Crippen molar-refractivity contribution < 1.29 is 33.6 Å². The van der Waals surface area contributed by atoms with Crippen molar-refractivity contribution in [1.29, 1.82) is 0 Å². The van der Waals surface area contributed by atoms with Crippen molar-refractivity contribution >= 4 is 29.4 Å². The number of amides is 2. The highest BCUT2D eigenvalue weighted by Gasteiger charge is 2.42. The average Bonchev–Trinajstić information content (AvgIpc) is 3.54. The summed E-state index contributed by atoms with van der Waals surface area (Å²) in [7, 11) is 4.82. The van der Waals surface area contributed by atoms with Gasteiger partial charge in [0, 0.05) is 44.9 Å². The summed E-state index contributed by atoms with van der Waals surface area (Å²) in [4.78, 5) is 36.3. The van der Waals surface area contributed by atoms with Gasteiger partial charge in [0.05, 0.1) is 62.0 Å². The number of nitrogens with zero attached hydrogens (tertiary/aromatic N) is 4. The maximum absolute atomic E-state index is 13.4. The normalized spacial score (nSPS) is 22.5. The number of ether oxygens (including phenoxy) is 4. The zero-order chi connectivity index (χ0) is 30.4. The van der Waals surface area contributed by atoms with Crippen molar-refractivity contribution in [3.05, 3.63) is 59.7 Å². The van der Waals surface area contributed by atoms with E-state index in [1.54, 1.807) is 52.2 Å². The first-order chi connectivity index (χ1) is 20.7. The Morgan fingerprint density at radius 1 is 0.860 bits per heavy atom. The number of carbonyl (C=O) groups is 2. The Labute approximate surface area is 250 Å². The van der Waals surface area contributed by atoms with E-state index in [9.17, 15) is 14.7 Å². The van der Waals surface area contributed by atoms with Crippen LogP contribution in [0.25, 0.3) is 0 Å². The van der Waals surface area contributed by atoms with Crippen molar-refractivity contribution in [3.63, 3.8) is 0 Å². The van der Waals surface area contributed by atoms with Crippen LogP contribution in [0, 0.1) is 0 Å². The van der Waals surface area contributed by atoms with Crippen LogP contribution in [-0.4, -0.2) is 98.8 Å². The van der Waals surface area contributed by atoms with Crippen molar-refractivity contribution in [2.24, 2.45) is 4.99 Å². The first-order valence-electron chi connectivity index (χ1n) is 14.3. The second kappa shape index (κ2) is 11.3. The molecule has 43 heavy (non-hydrogen) atoms. The monoisotopic (exact) mass is 588 g/mol. The van der Waals surface area contributed by atoms with Gasteiger partial charge in [-0.2, -0.15) is 0 Å². The van der Waals surface area contributed by atoms with Gasteiger partial charge in [0.1, 0.15) is 6.23 Å². The molecule has 0 unspecified atom stereocenters. The average molecular weight is 589 g/mol. The van der Waals surface area contributed by atoms with E-state index in [1.807, 2.05) is 0 Å². The van der Waals surface area contributed by atoms with E-state index < -0.39 is 6.23 Å². The molecule has 2 fully saturated rings. The third kappa shape index (κ3) is 5.07. The lowest BCUT2D eigenvalue weighted by Gasteiger charge is -2.30. The highest BCUT2D eigenvalue weighted by atomic mass is 16.5. The van der Waals surface area contributed by atoms with Crippen LogP contribution < -0.4 is 23.8 Å². The smallest absolute Gasteiger partial charge is 0.257 e. The minimum atomic E-state index is -0.883. The predicted octanol–water partition coefficient (Wildman–Crippen LogP) is 3.58. The molecule has 2 amide bonds. The molecule has 4 heterocycles. The van der Waals surface area contributed by atoms with Crippen LogP contribution in [0.3, 0.4) is 0 Å². The molecule has 0 bridgehead atoms. The van der Waals surface area contributed by atoms with Crippen LogP contribution in [0.15, 0.2) is 53.6 Å². The molecule has 0 aromatic heterocycles. The largest absolute Gasteiger partial charge is 0.493 e. The molecule has 226 valence electrons. The number of aliphatic imine (C=N–C) groups is 1. The van der Waals surface area contributed by atoms with Crippen LogP contribution in [0.4, 0.5) is 11.4 Å². The molecule has 4 aliphatic rings. The standard InChI is InChI=1S/C32H36N4O7/c1-18-9-20-15-33-23-13-28(26(40-4)11-21(23)30(37)35(20)16-18)42-7-6-8-43-29-14-24-22(12-27(29)41-5)31(38)36-17-19(2)10-25(36)32(39)34(24)3/h11-15,20,25,32,39H,1-2,6-10,16-17H2,3-5H3/t20-,25-,32-/m0/s1. The molecule has 4 aliphatic heterocycles. The third-order valence-electron chi connectivity index (χ3n) is 8.44. The predicted molar refractivity (Wildman–Crippen MR) is 161 cm³/mol. The number of hydrogen-bond acceptors (Lipinski definition) is 9. The molecule has 0 saturated carbocycles. The first-order valence-corrected chi connectivity index (χ1v) is 14.3. The second-order valence-electron chi connectivity index (χ2n) is 11.3. The van der Waals surface area contributed by atoms with Gasteiger partial charge >= 0.3 is 0 Å². The second-order valence-corrected chi connectivity index (χ2v) is 11.3. The number of methoxy groups -OCH3 is 2. The highest BCUT2D eigenvalue weighted by molar-refractivity contribution is 6.04. The molecule has 6 rings (SSSR count). The molecule has 0 radical (unpaired) electrons. The lowest BCUT2D eigenvalue weighted by Crippen LogP contribution is -2.47. The van der Waals surface area contributed by atoms with E-state index >= 15 is 0 Å². The van der Waals surface area contributed by atoms with Crippen LogP contribution in [-0.2, 0) is 0 Å². The first kappa shape index (κ1) is 28.6. The zero-order valence-electron chi connectivity index (χ0n) is 24.7. The van der Waals surface area contributed by atoms with Crippen LogP contribution >= 0.6 is 0 Å².